The van der Waals surface area contributed by atoms with Gasteiger partial charge in [-0.15, -0.1) is 5.92 Å². The molecule has 1 aromatic heterocycles. The number of nitrogens with zero attached hydrogens (tertiary/aromatic N) is 2. The van der Waals surface area contributed by atoms with E-state index in [9.17, 15) is 17.6 Å². The highest BCUT2D eigenvalue weighted by Gasteiger charge is 2.18. The smallest absolute Gasteiger partial charge is 0.267 e. The van der Waals surface area contributed by atoms with E-state index >= 15 is 0 Å². The van der Waals surface area contributed by atoms with Crippen molar-refractivity contribution in [2.45, 2.75) is 30.7 Å². The summed E-state index contributed by atoms with van der Waals surface area (Å²) < 4.78 is 38.0. The molecule has 1 heterocycles. The van der Waals surface area contributed by atoms with Gasteiger partial charge in [0.2, 0.25) is 10.0 Å². The van der Waals surface area contributed by atoms with Gasteiger partial charge < -0.3 is 0 Å². The predicted octanol–water partition coefficient (Wildman–Crippen LogP) is 3.17. The molecule has 0 aliphatic heterocycles. The van der Waals surface area contributed by atoms with Crippen molar-refractivity contribution >= 4 is 10.0 Å². The molecule has 0 bridgehead atoms. The first-order valence-corrected chi connectivity index (χ1v) is 11.4. The molecular formula is C23H20FN3O3S. The molecule has 0 amide bonds. The number of benzene rings is 2. The minimum absolute atomic E-state index is 0.0308. The van der Waals surface area contributed by atoms with E-state index in [1.807, 2.05) is 0 Å². The lowest BCUT2D eigenvalue weighted by molar-refractivity contribution is 0.444. The Morgan fingerprint density at radius 2 is 1.77 bits per heavy atom. The van der Waals surface area contributed by atoms with Crippen LogP contribution >= 0.6 is 0 Å². The Hall–Kier alpha value is -3.28. The van der Waals surface area contributed by atoms with E-state index in [1.165, 1.54) is 28.9 Å². The van der Waals surface area contributed by atoms with Crippen molar-refractivity contribution < 1.29 is 12.8 Å². The Kier molecular flexibility index (Phi) is 5.72. The Morgan fingerprint density at radius 1 is 1.10 bits per heavy atom. The van der Waals surface area contributed by atoms with E-state index in [2.05, 4.69) is 16.9 Å². The molecule has 2 N–H and O–H groups in total. The van der Waals surface area contributed by atoms with Crippen molar-refractivity contribution in [3.05, 3.63) is 70.9 Å². The third-order valence-corrected chi connectivity index (χ3v) is 6.15. The minimum Gasteiger partial charge on any atom is -0.267 e. The van der Waals surface area contributed by atoms with E-state index < -0.39 is 15.8 Å². The third kappa shape index (κ3) is 4.58. The zero-order chi connectivity index (χ0) is 22.0. The molecule has 1 atom stereocenters. The summed E-state index contributed by atoms with van der Waals surface area (Å²) in [5.74, 6) is 5.90. The summed E-state index contributed by atoms with van der Waals surface area (Å²) >= 11 is 0. The van der Waals surface area contributed by atoms with Crippen LogP contribution in [-0.2, 0) is 16.6 Å². The van der Waals surface area contributed by atoms with E-state index in [0.717, 1.165) is 19.3 Å². The maximum atomic E-state index is 13.5. The van der Waals surface area contributed by atoms with Crippen LogP contribution in [0.3, 0.4) is 0 Å². The van der Waals surface area contributed by atoms with Crippen molar-refractivity contribution in [3.63, 3.8) is 0 Å². The number of halogens is 1. The van der Waals surface area contributed by atoms with Crippen LogP contribution < -0.4 is 10.7 Å². The van der Waals surface area contributed by atoms with Crippen molar-refractivity contribution in [1.29, 1.82) is 0 Å². The van der Waals surface area contributed by atoms with Gasteiger partial charge in [-0.05, 0) is 48.2 Å². The number of primary sulfonamides is 1. The van der Waals surface area contributed by atoms with Crippen LogP contribution in [0.1, 0.15) is 19.3 Å². The zero-order valence-corrected chi connectivity index (χ0v) is 17.4. The molecule has 6 nitrogen and oxygen atoms in total. The lowest BCUT2D eigenvalue weighted by Crippen LogP contribution is -2.28. The quantitative estimate of drug-likeness (QED) is 0.620. The van der Waals surface area contributed by atoms with Crippen LogP contribution in [0.5, 0.6) is 0 Å². The van der Waals surface area contributed by atoms with Crippen LogP contribution in [0.15, 0.2) is 64.4 Å². The van der Waals surface area contributed by atoms with Gasteiger partial charge in [-0.3, -0.25) is 4.79 Å². The molecule has 2 aromatic carbocycles. The highest BCUT2D eigenvalue weighted by molar-refractivity contribution is 7.89. The number of rotatable bonds is 5. The van der Waals surface area contributed by atoms with E-state index in [0.29, 0.717) is 28.8 Å². The Morgan fingerprint density at radius 3 is 2.39 bits per heavy atom. The second kappa shape index (κ2) is 8.46. The molecule has 0 radical (unpaired) electrons. The number of aromatic nitrogens is 2. The number of hydrogen-bond donors (Lipinski definition) is 1. The molecule has 0 fully saturated rings. The summed E-state index contributed by atoms with van der Waals surface area (Å²) in [6.07, 6.45) is 4.34. The molecule has 1 aliphatic carbocycles. The zero-order valence-electron chi connectivity index (χ0n) is 16.6. The van der Waals surface area contributed by atoms with Crippen molar-refractivity contribution in [2.24, 2.45) is 11.1 Å². The fraction of sp³-hybridized carbons (Fsp3) is 0.217. The van der Waals surface area contributed by atoms with Gasteiger partial charge in [-0.25, -0.2) is 22.6 Å². The number of sulfonamides is 1. The lowest BCUT2D eigenvalue weighted by Gasteiger charge is -2.16. The second-order valence-electron chi connectivity index (χ2n) is 7.41. The van der Waals surface area contributed by atoms with Gasteiger partial charge in [0, 0.05) is 17.9 Å². The SMILES string of the molecule is NS(=O)(=O)c1ccc(-c2cnn(CC3C#CCCC3)c(=O)c2-c2ccc(F)cc2)cc1. The van der Waals surface area contributed by atoms with E-state index in [4.69, 9.17) is 5.14 Å². The summed E-state index contributed by atoms with van der Waals surface area (Å²) in [6.45, 7) is 0.380. The maximum Gasteiger partial charge on any atom is 0.275 e. The largest absolute Gasteiger partial charge is 0.275 e. The van der Waals surface area contributed by atoms with Gasteiger partial charge in [0.1, 0.15) is 5.82 Å². The molecule has 1 aliphatic rings. The minimum atomic E-state index is -3.84. The van der Waals surface area contributed by atoms with Gasteiger partial charge in [-0.2, -0.15) is 5.10 Å². The van der Waals surface area contributed by atoms with Gasteiger partial charge in [0.25, 0.3) is 5.56 Å². The first kappa shape index (κ1) is 21.0. The maximum absolute atomic E-state index is 13.5. The Labute approximate surface area is 179 Å². The molecule has 0 saturated heterocycles. The van der Waals surface area contributed by atoms with Crippen LogP contribution in [0.2, 0.25) is 0 Å². The predicted molar refractivity (Wildman–Crippen MR) is 116 cm³/mol. The standard InChI is InChI=1S/C23H20FN3O3S/c24-19-10-6-18(7-11-19)22-21(17-8-12-20(13-9-17)31(25,29)30)14-26-27(23(22)28)15-16-4-2-1-3-5-16/h6-14,16H,1-2,4,15H2,(H2,25,29,30). The van der Waals surface area contributed by atoms with Crippen molar-refractivity contribution in [1.82, 2.24) is 9.78 Å². The molecular weight excluding hydrogens is 417 g/mol. The highest BCUT2D eigenvalue weighted by Crippen LogP contribution is 2.30. The first-order valence-electron chi connectivity index (χ1n) is 9.80. The van der Waals surface area contributed by atoms with Crippen molar-refractivity contribution in [3.8, 4) is 34.1 Å². The van der Waals surface area contributed by atoms with Crippen LogP contribution in [0.25, 0.3) is 22.3 Å². The normalized spacial score (nSPS) is 15.9. The van der Waals surface area contributed by atoms with Gasteiger partial charge >= 0.3 is 0 Å². The first-order chi connectivity index (χ1) is 14.8. The summed E-state index contributed by atoms with van der Waals surface area (Å²) in [7, 11) is -3.84. The van der Waals surface area contributed by atoms with Gasteiger partial charge in [0.15, 0.2) is 0 Å². The summed E-state index contributed by atoms with van der Waals surface area (Å²) in [5.41, 5.74) is 1.71. The van der Waals surface area contributed by atoms with Gasteiger partial charge in [0.05, 0.1) is 23.2 Å². The van der Waals surface area contributed by atoms with E-state index in [-0.39, 0.29) is 16.4 Å². The highest BCUT2D eigenvalue weighted by atomic mass is 32.2. The van der Waals surface area contributed by atoms with E-state index in [1.54, 1.807) is 30.5 Å². The average Bonchev–Trinajstić information content (AvgIpc) is 2.76. The second-order valence-corrected chi connectivity index (χ2v) is 8.97. The van der Waals surface area contributed by atoms with Crippen LogP contribution in [-0.4, -0.2) is 18.2 Å². The van der Waals surface area contributed by atoms with Crippen molar-refractivity contribution in [2.75, 3.05) is 0 Å². The number of hydrogen-bond acceptors (Lipinski definition) is 4. The summed E-state index contributed by atoms with van der Waals surface area (Å²) in [4.78, 5) is 13.4. The molecule has 31 heavy (non-hydrogen) atoms. The Balaban J connectivity index is 1.84. The molecule has 0 spiro atoms. The molecule has 1 unspecified atom stereocenters. The molecule has 158 valence electrons. The topological polar surface area (TPSA) is 95.1 Å². The number of nitrogens with two attached hydrogens (primary N) is 1. The average molecular weight is 437 g/mol. The lowest BCUT2D eigenvalue weighted by atomic mass is 9.96. The summed E-state index contributed by atoms with van der Waals surface area (Å²) in [5, 5.41) is 9.52. The molecule has 0 saturated carbocycles. The fourth-order valence-electron chi connectivity index (χ4n) is 3.63. The molecule has 3 aromatic rings. The van der Waals surface area contributed by atoms with Gasteiger partial charge in [-0.1, -0.05) is 30.2 Å². The van der Waals surface area contributed by atoms with Crippen LogP contribution in [0, 0.1) is 23.6 Å². The van der Waals surface area contributed by atoms with Crippen LogP contribution in [0.4, 0.5) is 4.39 Å². The Bertz CT molecular complexity index is 1340. The summed E-state index contributed by atoms with van der Waals surface area (Å²) in [6, 6.07) is 11.6. The fourth-order valence-corrected chi connectivity index (χ4v) is 4.14. The molecule has 4 rings (SSSR count). The monoisotopic (exact) mass is 437 g/mol. The third-order valence-electron chi connectivity index (χ3n) is 5.22. The molecule has 8 heteroatoms.